The minimum absolute atomic E-state index is 0.0990. The van der Waals surface area contributed by atoms with Gasteiger partial charge in [-0.1, -0.05) is 39.5 Å². The second kappa shape index (κ2) is 15.1. The highest BCUT2D eigenvalue weighted by Gasteiger charge is 2.69. The number of esters is 4. The van der Waals surface area contributed by atoms with Gasteiger partial charge in [0.05, 0.1) is 6.61 Å². The van der Waals surface area contributed by atoms with Gasteiger partial charge in [-0.3, -0.25) is 0 Å². The Morgan fingerprint density at radius 2 is 1.15 bits per heavy atom. The fraction of sp³-hybridized carbons (Fsp3) is 0.787. The van der Waals surface area contributed by atoms with Gasteiger partial charge in [-0.05, 0) is 168 Å². The quantitative estimate of drug-likeness (QED) is 0.104. The van der Waals surface area contributed by atoms with Crippen molar-refractivity contribution in [2.24, 2.45) is 70.5 Å². The molecule has 0 aromatic rings. The van der Waals surface area contributed by atoms with Crippen LogP contribution < -0.4 is 0 Å². The molecule has 8 heteroatoms. The van der Waals surface area contributed by atoms with Crippen LogP contribution in [0.1, 0.15) is 136 Å². The number of hydrogen-bond donors (Lipinski definition) is 0. The van der Waals surface area contributed by atoms with Gasteiger partial charge in [0.2, 0.25) is 0 Å². The van der Waals surface area contributed by atoms with Gasteiger partial charge in [0, 0.05) is 35.5 Å². The largest absolute Gasteiger partial charge is 0.462 e. The van der Waals surface area contributed by atoms with E-state index in [0.29, 0.717) is 58.8 Å². The third kappa shape index (κ3) is 6.95. The molecular weight excluding hydrogens is 693 g/mol. The van der Waals surface area contributed by atoms with Crippen LogP contribution in [0.3, 0.4) is 0 Å². The van der Waals surface area contributed by atoms with Crippen LogP contribution in [0, 0.1) is 70.5 Å². The van der Waals surface area contributed by atoms with Gasteiger partial charge in [0.1, 0.15) is 11.2 Å². The van der Waals surface area contributed by atoms with Crippen molar-refractivity contribution in [3.63, 3.8) is 0 Å². The van der Waals surface area contributed by atoms with Crippen molar-refractivity contribution in [3.8, 4) is 0 Å². The standard InChI is InChI=1S/C47H66O8/c1-6-41(48)52-16-15-30(5)44(51)55-46(37-18-31-17-32(20-37)21-38(46)19-31)36-13-11-34(12-14-36)45-24-33-22-39(25-45)47(40(23-33)26-45,35-9-7-29(4)8-10-35)54-42(49)27-53-43(50)28(2)3/h6,29,31-40H,1-2,5,7-27H2,3-4H3. The molecule has 10 fully saturated rings. The Balaban J connectivity index is 0.988. The van der Waals surface area contributed by atoms with Crippen LogP contribution >= 0.6 is 0 Å². The van der Waals surface area contributed by atoms with Gasteiger partial charge < -0.3 is 18.9 Å². The smallest absolute Gasteiger partial charge is 0.344 e. The minimum atomic E-state index is -0.543. The van der Waals surface area contributed by atoms with E-state index in [2.05, 4.69) is 26.7 Å². The van der Waals surface area contributed by atoms with Crippen molar-refractivity contribution >= 4 is 23.9 Å². The van der Waals surface area contributed by atoms with Gasteiger partial charge >= 0.3 is 23.9 Å². The molecular formula is C47H66O8. The van der Waals surface area contributed by atoms with Gasteiger partial charge in [0.25, 0.3) is 0 Å². The molecule has 0 radical (unpaired) electrons. The van der Waals surface area contributed by atoms with E-state index < -0.39 is 29.1 Å². The third-order valence-electron chi connectivity index (χ3n) is 17.1. The Labute approximate surface area is 329 Å². The predicted molar refractivity (Wildman–Crippen MR) is 208 cm³/mol. The normalized spacial score (nSPS) is 43.6. The lowest BCUT2D eigenvalue weighted by Crippen LogP contribution is -2.67. The molecule has 55 heavy (non-hydrogen) atoms. The van der Waals surface area contributed by atoms with E-state index in [1.54, 1.807) is 6.92 Å². The summed E-state index contributed by atoms with van der Waals surface area (Å²) in [5.74, 6) is 4.07. The lowest BCUT2D eigenvalue weighted by atomic mass is 9.38. The van der Waals surface area contributed by atoms with Crippen molar-refractivity contribution in [1.29, 1.82) is 0 Å². The van der Waals surface area contributed by atoms with Crippen LogP contribution in [0.2, 0.25) is 0 Å². The molecule has 0 aliphatic heterocycles. The molecule has 0 spiro atoms. The van der Waals surface area contributed by atoms with Gasteiger partial charge in [-0.2, -0.15) is 0 Å². The van der Waals surface area contributed by atoms with E-state index >= 15 is 0 Å². The van der Waals surface area contributed by atoms with Crippen molar-refractivity contribution in [3.05, 3.63) is 37.0 Å². The van der Waals surface area contributed by atoms with Crippen LogP contribution in [-0.4, -0.2) is 48.3 Å². The Morgan fingerprint density at radius 1 is 0.618 bits per heavy atom. The molecule has 10 saturated carbocycles. The summed E-state index contributed by atoms with van der Waals surface area (Å²) in [6.07, 6.45) is 22.4. The van der Waals surface area contributed by atoms with Crippen LogP contribution in [0.5, 0.6) is 0 Å². The first-order valence-electron chi connectivity index (χ1n) is 22.1. The molecule has 10 aliphatic rings. The molecule has 0 aromatic heterocycles. The van der Waals surface area contributed by atoms with Gasteiger partial charge in [0.15, 0.2) is 6.61 Å². The van der Waals surface area contributed by atoms with E-state index in [4.69, 9.17) is 18.9 Å². The average Bonchev–Trinajstić information content (AvgIpc) is 3.16. The maximum absolute atomic E-state index is 13.9. The van der Waals surface area contributed by atoms with E-state index in [9.17, 15) is 19.2 Å². The zero-order chi connectivity index (χ0) is 38.7. The zero-order valence-electron chi connectivity index (χ0n) is 33.7. The Bertz CT molecular complexity index is 1510. The van der Waals surface area contributed by atoms with Crippen LogP contribution in [0.4, 0.5) is 0 Å². The minimum Gasteiger partial charge on any atom is -0.462 e. The maximum atomic E-state index is 13.9. The highest BCUT2D eigenvalue weighted by molar-refractivity contribution is 5.89. The molecule has 0 amide bonds. The zero-order valence-corrected chi connectivity index (χ0v) is 33.7. The molecule has 2 unspecified atom stereocenters. The number of carbonyl (C=O) groups is 4. The molecule has 302 valence electrons. The SMILES string of the molecule is C=CC(=O)OCCC(=C)C(=O)OC1(C2CCC(C34CC5CC(C3)C(OC(=O)COC(=O)C(=C)C)(C3CCC(C)CC3)C(C5)C4)CC2)C2CC3CC(C2)CC1C3. The summed E-state index contributed by atoms with van der Waals surface area (Å²) in [6.45, 7) is 14.9. The molecule has 10 rings (SSSR count). The Hall–Kier alpha value is -2.90. The summed E-state index contributed by atoms with van der Waals surface area (Å²) in [7, 11) is 0. The maximum Gasteiger partial charge on any atom is 0.344 e. The predicted octanol–water partition coefficient (Wildman–Crippen LogP) is 9.26. The lowest BCUT2D eigenvalue weighted by molar-refractivity contribution is -0.261. The Kier molecular flexibility index (Phi) is 10.7. The van der Waals surface area contributed by atoms with Crippen molar-refractivity contribution in [2.45, 2.75) is 147 Å². The highest BCUT2D eigenvalue weighted by Crippen LogP contribution is 2.71. The van der Waals surface area contributed by atoms with E-state index in [0.717, 1.165) is 69.3 Å². The molecule has 0 saturated heterocycles. The first kappa shape index (κ1) is 38.9. The van der Waals surface area contributed by atoms with Crippen LogP contribution in [0.25, 0.3) is 0 Å². The number of hydrogen-bond acceptors (Lipinski definition) is 8. The third-order valence-corrected chi connectivity index (χ3v) is 17.1. The lowest BCUT2D eigenvalue weighted by Gasteiger charge is -2.69. The van der Waals surface area contributed by atoms with E-state index in [1.165, 1.54) is 64.2 Å². The molecule has 2 atom stereocenters. The molecule has 0 aromatic carbocycles. The second-order valence-corrected chi connectivity index (χ2v) is 20.2. The summed E-state index contributed by atoms with van der Waals surface area (Å²) in [4.78, 5) is 51.3. The fourth-order valence-corrected chi connectivity index (χ4v) is 15.3. The number of carbonyl (C=O) groups excluding carboxylic acids is 4. The Morgan fingerprint density at radius 3 is 1.71 bits per heavy atom. The summed E-state index contributed by atoms with van der Waals surface area (Å²) < 4.78 is 24.2. The van der Waals surface area contributed by atoms with Gasteiger partial charge in [-0.25, -0.2) is 19.2 Å². The fourth-order valence-electron chi connectivity index (χ4n) is 15.3. The van der Waals surface area contributed by atoms with Crippen LogP contribution in [-0.2, 0) is 38.1 Å². The summed E-state index contributed by atoms with van der Waals surface area (Å²) >= 11 is 0. The van der Waals surface area contributed by atoms with Crippen molar-refractivity contribution in [2.75, 3.05) is 13.2 Å². The van der Waals surface area contributed by atoms with Crippen molar-refractivity contribution < 1.29 is 38.1 Å². The van der Waals surface area contributed by atoms with E-state index in [1.807, 2.05) is 0 Å². The topological polar surface area (TPSA) is 105 Å². The number of rotatable bonds is 13. The first-order valence-corrected chi connectivity index (χ1v) is 22.1. The molecule has 0 N–H and O–H groups in total. The summed E-state index contributed by atoms with van der Waals surface area (Å²) in [5.41, 5.74) is 0.0635. The molecule has 0 heterocycles. The molecule has 10 aliphatic carbocycles. The van der Waals surface area contributed by atoms with E-state index in [-0.39, 0.29) is 36.6 Å². The monoisotopic (exact) mass is 758 g/mol. The van der Waals surface area contributed by atoms with Crippen molar-refractivity contribution in [1.82, 2.24) is 0 Å². The second-order valence-electron chi connectivity index (χ2n) is 20.2. The average molecular weight is 759 g/mol. The first-order chi connectivity index (χ1) is 26.3. The van der Waals surface area contributed by atoms with Crippen LogP contribution in [0.15, 0.2) is 37.0 Å². The van der Waals surface area contributed by atoms with Gasteiger partial charge in [-0.15, -0.1) is 0 Å². The number of ether oxygens (including phenoxy) is 4. The summed E-state index contributed by atoms with van der Waals surface area (Å²) in [6, 6.07) is 0. The summed E-state index contributed by atoms with van der Waals surface area (Å²) in [5, 5.41) is 0. The highest BCUT2D eigenvalue weighted by atomic mass is 16.6. The molecule has 8 nitrogen and oxygen atoms in total. The molecule has 8 bridgehead atoms.